The average Bonchev–Trinajstić information content (AvgIpc) is 3.28. The smallest absolute Gasteiger partial charge is 0.330 e. The maximum atomic E-state index is 13.1. The van der Waals surface area contributed by atoms with Crippen LogP contribution in [0.1, 0.15) is 85.3 Å². The molecule has 0 unspecified atom stereocenters. The summed E-state index contributed by atoms with van der Waals surface area (Å²) in [7, 11) is -4.30. The lowest BCUT2D eigenvalue weighted by Gasteiger charge is -2.40. The van der Waals surface area contributed by atoms with Gasteiger partial charge in [-0.15, -0.1) is 0 Å². The molecule has 2 aromatic rings. The van der Waals surface area contributed by atoms with Crippen LogP contribution in [0.5, 0.6) is 0 Å². The second kappa shape index (κ2) is 13.7. The lowest BCUT2D eigenvalue weighted by molar-refractivity contribution is -0.386. The van der Waals surface area contributed by atoms with E-state index in [1.54, 1.807) is 18.2 Å². The number of nitro benzene ring substituents is 1. The van der Waals surface area contributed by atoms with Gasteiger partial charge in [0.1, 0.15) is 12.3 Å². The highest BCUT2D eigenvalue weighted by molar-refractivity contribution is 6.74. The summed E-state index contributed by atoms with van der Waals surface area (Å²) >= 11 is 0. The maximum Gasteiger partial charge on any atom is 0.330 e. The number of aromatic amines is 1. The van der Waals surface area contributed by atoms with E-state index in [0.29, 0.717) is 18.6 Å². The summed E-state index contributed by atoms with van der Waals surface area (Å²) in [6.07, 6.45) is -0.151. The predicted molar refractivity (Wildman–Crippen MR) is 181 cm³/mol. The standard InChI is InChI=1S/C32H53N3O8Si2/c1-21(2)28(23-15-13-14-16-24(23)35(38)39)40-19-22-18-34(30(37)33-29(22)36)27-17-25(43-45(11,12)32(6,7)8)26(42-27)20-41-44(9,10)31(3,4)5/h13-16,18,21,25-28H,17,19-20H2,1-12H3,(H,33,36,37)/t25-,26+,27+,28-/m0/s1. The molecule has 0 saturated carbocycles. The Balaban J connectivity index is 1.91. The first-order valence-corrected chi connectivity index (χ1v) is 21.5. The third-order valence-electron chi connectivity index (χ3n) is 9.66. The molecule has 45 heavy (non-hydrogen) atoms. The first kappa shape index (κ1) is 37.0. The molecule has 1 saturated heterocycles. The Hall–Kier alpha value is -2.43. The molecule has 2 heterocycles. The lowest BCUT2D eigenvalue weighted by Crippen LogP contribution is -2.48. The summed E-state index contributed by atoms with van der Waals surface area (Å²) in [4.78, 5) is 39.7. The van der Waals surface area contributed by atoms with Crippen molar-refractivity contribution in [3.63, 3.8) is 0 Å². The van der Waals surface area contributed by atoms with Crippen LogP contribution in [-0.2, 0) is 24.9 Å². The fourth-order valence-corrected chi connectivity index (χ4v) is 7.14. The van der Waals surface area contributed by atoms with E-state index in [9.17, 15) is 19.7 Å². The third kappa shape index (κ3) is 8.69. The molecule has 1 aromatic carbocycles. The highest BCUT2D eigenvalue weighted by Gasteiger charge is 2.47. The van der Waals surface area contributed by atoms with E-state index >= 15 is 0 Å². The van der Waals surface area contributed by atoms with Crippen molar-refractivity contribution in [1.82, 2.24) is 9.55 Å². The van der Waals surface area contributed by atoms with Crippen molar-refractivity contribution in [2.75, 3.05) is 6.61 Å². The van der Waals surface area contributed by atoms with Gasteiger partial charge in [-0.2, -0.15) is 0 Å². The van der Waals surface area contributed by atoms with Gasteiger partial charge in [0, 0.05) is 18.7 Å². The molecule has 11 nitrogen and oxygen atoms in total. The average molecular weight is 664 g/mol. The summed E-state index contributed by atoms with van der Waals surface area (Å²) in [5.74, 6) is -0.121. The van der Waals surface area contributed by atoms with Crippen molar-refractivity contribution in [1.29, 1.82) is 0 Å². The molecule has 3 rings (SSSR count). The van der Waals surface area contributed by atoms with Crippen molar-refractivity contribution in [2.45, 2.75) is 129 Å². The van der Waals surface area contributed by atoms with Gasteiger partial charge >= 0.3 is 5.69 Å². The van der Waals surface area contributed by atoms with Gasteiger partial charge < -0.3 is 18.3 Å². The number of nitro groups is 1. The fourth-order valence-electron chi connectivity index (χ4n) is 4.77. The van der Waals surface area contributed by atoms with Crippen LogP contribution < -0.4 is 11.2 Å². The Kier molecular flexibility index (Phi) is 11.3. The number of rotatable bonds is 12. The van der Waals surface area contributed by atoms with Gasteiger partial charge in [0.2, 0.25) is 0 Å². The minimum Gasteiger partial charge on any atom is -0.414 e. The van der Waals surface area contributed by atoms with E-state index in [-0.39, 0.29) is 40.0 Å². The molecule has 0 aliphatic carbocycles. The Labute approximate surface area is 269 Å². The van der Waals surface area contributed by atoms with Crippen molar-refractivity contribution in [2.24, 2.45) is 5.92 Å². The van der Waals surface area contributed by atoms with Gasteiger partial charge in [0.05, 0.1) is 41.5 Å². The van der Waals surface area contributed by atoms with Crippen LogP contribution in [0.2, 0.25) is 36.3 Å². The van der Waals surface area contributed by atoms with Gasteiger partial charge in [-0.05, 0) is 48.2 Å². The summed E-state index contributed by atoms with van der Waals surface area (Å²) in [5.41, 5.74) is -0.578. The number of ether oxygens (including phenoxy) is 2. The molecule has 1 aliphatic rings. The Morgan fingerprint density at radius 3 is 2.20 bits per heavy atom. The Morgan fingerprint density at radius 1 is 1.04 bits per heavy atom. The first-order valence-electron chi connectivity index (χ1n) is 15.7. The molecule has 0 bridgehead atoms. The number of nitrogens with zero attached hydrogens (tertiary/aromatic N) is 2. The largest absolute Gasteiger partial charge is 0.414 e. The van der Waals surface area contributed by atoms with E-state index in [0.717, 1.165) is 0 Å². The fraction of sp³-hybridized carbons (Fsp3) is 0.688. The minimum atomic E-state index is -2.21. The highest BCUT2D eigenvalue weighted by atomic mass is 28.4. The van der Waals surface area contributed by atoms with E-state index in [4.69, 9.17) is 18.3 Å². The van der Waals surface area contributed by atoms with Crippen LogP contribution >= 0.6 is 0 Å². The summed E-state index contributed by atoms with van der Waals surface area (Å²) in [6.45, 7) is 25.8. The predicted octanol–water partition coefficient (Wildman–Crippen LogP) is 7.06. The molecule has 1 N–H and O–H groups in total. The number of hydrogen-bond donors (Lipinski definition) is 1. The second-order valence-corrected chi connectivity index (χ2v) is 25.0. The molecule has 1 fully saturated rings. The van der Waals surface area contributed by atoms with Crippen LogP contribution in [0.15, 0.2) is 40.1 Å². The Bertz CT molecular complexity index is 1460. The van der Waals surface area contributed by atoms with Crippen LogP contribution in [0, 0.1) is 16.0 Å². The van der Waals surface area contributed by atoms with Crippen molar-refractivity contribution < 1.29 is 23.2 Å². The molecule has 0 radical (unpaired) electrons. The van der Waals surface area contributed by atoms with Crippen molar-refractivity contribution in [3.8, 4) is 0 Å². The van der Waals surface area contributed by atoms with E-state index in [2.05, 4.69) is 72.7 Å². The van der Waals surface area contributed by atoms with Gasteiger partial charge in [-0.3, -0.25) is 24.5 Å². The van der Waals surface area contributed by atoms with Gasteiger partial charge in [-0.1, -0.05) is 67.5 Å². The number of aromatic nitrogens is 2. The molecular weight excluding hydrogens is 611 g/mol. The zero-order chi connectivity index (χ0) is 34.1. The molecular formula is C32H53N3O8Si2. The van der Waals surface area contributed by atoms with Crippen LogP contribution in [-0.4, -0.2) is 49.9 Å². The van der Waals surface area contributed by atoms with Crippen LogP contribution in [0.25, 0.3) is 0 Å². The maximum absolute atomic E-state index is 13.1. The molecule has 0 amide bonds. The Morgan fingerprint density at radius 2 is 1.64 bits per heavy atom. The van der Waals surface area contributed by atoms with E-state index < -0.39 is 51.2 Å². The lowest BCUT2D eigenvalue weighted by atomic mass is 9.97. The molecule has 1 aromatic heterocycles. The molecule has 252 valence electrons. The number of benzene rings is 1. The number of para-hydroxylation sites is 1. The third-order valence-corrected chi connectivity index (χ3v) is 18.7. The topological polar surface area (TPSA) is 135 Å². The highest BCUT2D eigenvalue weighted by Crippen LogP contribution is 2.42. The second-order valence-electron chi connectivity index (χ2n) is 15.5. The number of H-pyrrole nitrogens is 1. The number of nitrogens with one attached hydrogen (secondary N) is 1. The first-order chi connectivity index (χ1) is 20.6. The van der Waals surface area contributed by atoms with Gasteiger partial charge in [0.25, 0.3) is 11.2 Å². The summed E-state index contributed by atoms with van der Waals surface area (Å²) < 4.78 is 27.4. The number of hydrogen-bond acceptors (Lipinski definition) is 8. The molecule has 1 aliphatic heterocycles. The summed E-state index contributed by atoms with van der Waals surface area (Å²) in [5, 5.41) is 11.7. The van der Waals surface area contributed by atoms with E-state index in [1.165, 1.54) is 16.8 Å². The van der Waals surface area contributed by atoms with Gasteiger partial charge in [0.15, 0.2) is 16.6 Å². The van der Waals surface area contributed by atoms with E-state index in [1.807, 2.05) is 13.8 Å². The van der Waals surface area contributed by atoms with Crippen molar-refractivity contribution >= 4 is 22.3 Å². The summed E-state index contributed by atoms with van der Waals surface area (Å²) in [6, 6.07) is 6.42. The normalized spacial score (nSPS) is 20.5. The minimum absolute atomic E-state index is 0.0135. The van der Waals surface area contributed by atoms with Crippen molar-refractivity contribution in [3.05, 3.63) is 72.5 Å². The zero-order valence-corrected chi connectivity index (χ0v) is 31.1. The van der Waals surface area contributed by atoms with Crippen LogP contribution in [0.4, 0.5) is 5.69 Å². The zero-order valence-electron chi connectivity index (χ0n) is 29.1. The molecule has 4 atom stereocenters. The monoisotopic (exact) mass is 663 g/mol. The SMILES string of the molecule is CC(C)[C@H](OCc1cn([C@H]2C[C@H](O[Si](C)(C)C(C)(C)C)[C@@H](CO[Si](C)(C)C(C)(C)C)O2)c(=O)[nH]c1=O)c1ccccc1[N+](=O)[O-]. The van der Waals surface area contributed by atoms with Crippen LogP contribution in [0.3, 0.4) is 0 Å². The molecule has 13 heteroatoms. The quantitative estimate of drug-likeness (QED) is 0.145. The molecule has 0 spiro atoms. The van der Waals surface area contributed by atoms with Gasteiger partial charge in [-0.25, -0.2) is 4.79 Å².